The van der Waals surface area contributed by atoms with Crippen molar-refractivity contribution in [1.29, 1.82) is 0 Å². The predicted octanol–water partition coefficient (Wildman–Crippen LogP) is 3.49. The molecule has 3 aromatic rings. The number of rotatable bonds is 7. The Morgan fingerprint density at radius 1 is 0.880 bits per heavy atom. The van der Waals surface area contributed by atoms with E-state index in [-0.39, 0.29) is 5.78 Å². The number of aromatic nitrogens is 2. The molecule has 0 atom stereocenters. The molecule has 0 aliphatic rings. The van der Waals surface area contributed by atoms with Crippen molar-refractivity contribution in [3.63, 3.8) is 0 Å². The molecule has 1 heterocycles. The molecule has 2 aromatic carbocycles. The van der Waals surface area contributed by atoms with Gasteiger partial charge in [0.1, 0.15) is 12.4 Å². The van der Waals surface area contributed by atoms with E-state index in [1.165, 1.54) is 29.1 Å². The van der Waals surface area contributed by atoms with Gasteiger partial charge in [0.2, 0.25) is 0 Å². The van der Waals surface area contributed by atoms with Crippen molar-refractivity contribution in [2.75, 3.05) is 6.61 Å². The minimum Gasteiger partial charge on any atom is -0.388 e. The maximum Gasteiger partial charge on any atom is 0.191 e. The molecule has 4 nitrogen and oxygen atoms in total. The van der Waals surface area contributed by atoms with Gasteiger partial charge in [-0.2, -0.15) is 0 Å². The number of hydrogen-bond acceptors (Lipinski definition) is 4. The summed E-state index contributed by atoms with van der Waals surface area (Å²) in [5.41, 5.74) is 4.13. The van der Waals surface area contributed by atoms with Crippen molar-refractivity contribution >= 4 is 5.78 Å². The molecular formula is C21H20N2O2. The first-order valence-electron chi connectivity index (χ1n) is 8.36. The van der Waals surface area contributed by atoms with Gasteiger partial charge in [0.25, 0.3) is 0 Å². The van der Waals surface area contributed by atoms with E-state index in [1.807, 2.05) is 6.07 Å². The molecule has 1 N–H and O–H groups in total. The highest BCUT2D eigenvalue weighted by molar-refractivity contribution is 5.96. The van der Waals surface area contributed by atoms with E-state index in [0.29, 0.717) is 11.4 Å². The van der Waals surface area contributed by atoms with Gasteiger partial charge in [0.05, 0.1) is 5.56 Å². The molecule has 0 aliphatic heterocycles. The third-order valence-electron chi connectivity index (χ3n) is 4.12. The lowest BCUT2D eigenvalue weighted by Crippen LogP contribution is -2.07. The fourth-order valence-corrected chi connectivity index (χ4v) is 2.79. The number of aliphatic hydroxyl groups is 1. The summed E-state index contributed by atoms with van der Waals surface area (Å²) in [6, 6.07) is 18.8. The zero-order valence-electron chi connectivity index (χ0n) is 13.9. The number of carbonyl (C=O) groups excluding carboxylic acids is 1. The van der Waals surface area contributed by atoms with Crippen molar-refractivity contribution in [3.8, 4) is 11.1 Å². The highest BCUT2D eigenvalue weighted by atomic mass is 16.3. The molecule has 0 unspecified atom stereocenters. The van der Waals surface area contributed by atoms with Crippen molar-refractivity contribution < 1.29 is 9.90 Å². The molecular weight excluding hydrogens is 312 g/mol. The zero-order valence-corrected chi connectivity index (χ0v) is 13.9. The van der Waals surface area contributed by atoms with Crippen LogP contribution in [0.15, 0.2) is 67.0 Å². The summed E-state index contributed by atoms with van der Waals surface area (Å²) in [5.74, 6) is 0.357. The molecule has 3 rings (SSSR count). The number of Topliss-reactive ketones (excluding diaryl/α,β-unsaturated/α-hetero) is 1. The van der Waals surface area contributed by atoms with Crippen LogP contribution in [0.5, 0.6) is 0 Å². The average molecular weight is 332 g/mol. The molecule has 25 heavy (non-hydrogen) atoms. The van der Waals surface area contributed by atoms with Gasteiger partial charge in [-0.05, 0) is 29.5 Å². The van der Waals surface area contributed by atoms with Crippen molar-refractivity contribution in [2.24, 2.45) is 0 Å². The topological polar surface area (TPSA) is 63.1 Å². The SMILES string of the molecule is O=C(CO)c1cnc(CCCc2ccccc2-c2ccccc2)nc1. The van der Waals surface area contributed by atoms with Crippen LogP contribution in [0.25, 0.3) is 11.1 Å². The Morgan fingerprint density at radius 2 is 1.56 bits per heavy atom. The van der Waals surface area contributed by atoms with Crippen LogP contribution < -0.4 is 0 Å². The van der Waals surface area contributed by atoms with E-state index in [9.17, 15) is 4.79 Å². The van der Waals surface area contributed by atoms with Gasteiger partial charge in [0, 0.05) is 18.8 Å². The number of aliphatic hydroxyl groups excluding tert-OH is 1. The summed E-state index contributed by atoms with van der Waals surface area (Å²) in [6.45, 7) is -0.515. The van der Waals surface area contributed by atoms with Crippen LogP contribution in [0.2, 0.25) is 0 Å². The lowest BCUT2D eigenvalue weighted by molar-refractivity contribution is 0.0903. The maximum absolute atomic E-state index is 11.4. The fraction of sp³-hybridized carbons (Fsp3) is 0.190. The van der Waals surface area contributed by atoms with Crippen LogP contribution in [0.4, 0.5) is 0 Å². The number of hydrogen-bond donors (Lipinski definition) is 1. The molecule has 0 amide bonds. The quantitative estimate of drug-likeness (QED) is 0.673. The standard InChI is InChI=1S/C21H20N2O2/c24-15-20(25)18-13-22-21(23-14-18)12-6-10-17-9-4-5-11-19(17)16-7-2-1-3-8-16/h1-5,7-9,11,13-14,24H,6,10,12,15H2. The summed E-state index contributed by atoms with van der Waals surface area (Å²) in [5, 5.41) is 8.84. The second-order valence-electron chi connectivity index (χ2n) is 5.85. The Hall–Kier alpha value is -2.85. The van der Waals surface area contributed by atoms with E-state index < -0.39 is 6.61 Å². The minimum atomic E-state index is -0.515. The van der Waals surface area contributed by atoms with Crippen LogP contribution in [0, 0.1) is 0 Å². The number of aryl methyl sites for hydroxylation is 2. The molecule has 0 spiro atoms. The molecule has 1 aromatic heterocycles. The summed E-state index contributed by atoms with van der Waals surface area (Å²) in [4.78, 5) is 19.8. The third-order valence-corrected chi connectivity index (χ3v) is 4.12. The Bertz CT molecular complexity index is 830. The monoisotopic (exact) mass is 332 g/mol. The van der Waals surface area contributed by atoms with E-state index in [2.05, 4.69) is 58.5 Å². The molecule has 0 radical (unpaired) electrons. The highest BCUT2D eigenvalue weighted by Crippen LogP contribution is 2.24. The Balaban J connectivity index is 1.64. The van der Waals surface area contributed by atoms with E-state index in [0.717, 1.165) is 19.3 Å². The van der Waals surface area contributed by atoms with Gasteiger partial charge >= 0.3 is 0 Å². The zero-order chi connectivity index (χ0) is 17.5. The third kappa shape index (κ3) is 4.37. The van der Waals surface area contributed by atoms with Crippen LogP contribution >= 0.6 is 0 Å². The average Bonchev–Trinajstić information content (AvgIpc) is 2.69. The smallest absolute Gasteiger partial charge is 0.191 e. The first-order valence-corrected chi connectivity index (χ1v) is 8.36. The summed E-state index contributed by atoms with van der Waals surface area (Å²) < 4.78 is 0. The number of nitrogens with zero attached hydrogens (tertiary/aromatic N) is 2. The van der Waals surface area contributed by atoms with Crippen molar-refractivity contribution in [2.45, 2.75) is 19.3 Å². The van der Waals surface area contributed by atoms with Crippen LogP contribution in [-0.4, -0.2) is 27.5 Å². The van der Waals surface area contributed by atoms with Gasteiger partial charge < -0.3 is 5.11 Å². The van der Waals surface area contributed by atoms with Gasteiger partial charge in [-0.1, -0.05) is 54.6 Å². The molecule has 0 saturated carbocycles. The molecule has 0 fully saturated rings. The molecule has 0 aliphatic carbocycles. The molecule has 0 saturated heterocycles. The second-order valence-corrected chi connectivity index (χ2v) is 5.85. The van der Waals surface area contributed by atoms with Gasteiger partial charge in [-0.15, -0.1) is 0 Å². The predicted molar refractivity (Wildman–Crippen MR) is 97.4 cm³/mol. The fourth-order valence-electron chi connectivity index (χ4n) is 2.79. The van der Waals surface area contributed by atoms with Crippen LogP contribution in [-0.2, 0) is 12.8 Å². The summed E-state index contributed by atoms with van der Waals surface area (Å²) in [7, 11) is 0. The normalized spacial score (nSPS) is 10.6. The number of ketones is 1. The first kappa shape index (κ1) is 17.0. The molecule has 0 bridgehead atoms. The maximum atomic E-state index is 11.4. The van der Waals surface area contributed by atoms with E-state index >= 15 is 0 Å². The van der Waals surface area contributed by atoms with Crippen molar-refractivity contribution in [3.05, 3.63) is 83.9 Å². The molecule has 126 valence electrons. The Kier molecular flexibility index (Phi) is 5.65. The largest absolute Gasteiger partial charge is 0.388 e. The van der Waals surface area contributed by atoms with Gasteiger partial charge in [-0.25, -0.2) is 9.97 Å². The lowest BCUT2D eigenvalue weighted by Gasteiger charge is -2.09. The first-order chi connectivity index (χ1) is 12.3. The van der Waals surface area contributed by atoms with Gasteiger partial charge in [0.15, 0.2) is 5.78 Å². The van der Waals surface area contributed by atoms with E-state index in [4.69, 9.17) is 5.11 Å². The summed E-state index contributed by atoms with van der Waals surface area (Å²) >= 11 is 0. The van der Waals surface area contributed by atoms with E-state index in [1.54, 1.807) is 0 Å². The van der Waals surface area contributed by atoms with Gasteiger partial charge in [-0.3, -0.25) is 4.79 Å². The number of carbonyl (C=O) groups is 1. The van der Waals surface area contributed by atoms with Crippen LogP contribution in [0.3, 0.4) is 0 Å². The van der Waals surface area contributed by atoms with Crippen LogP contribution in [0.1, 0.15) is 28.2 Å². The molecule has 4 heteroatoms. The Morgan fingerprint density at radius 3 is 2.28 bits per heavy atom. The minimum absolute atomic E-state index is 0.348. The Labute approximate surface area is 147 Å². The second kappa shape index (κ2) is 8.31. The lowest BCUT2D eigenvalue weighted by atomic mass is 9.96. The summed E-state index contributed by atoms with van der Waals surface area (Å²) in [6.07, 6.45) is 5.58. The van der Waals surface area contributed by atoms with Crippen molar-refractivity contribution in [1.82, 2.24) is 9.97 Å². The number of benzene rings is 2. The highest BCUT2D eigenvalue weighted by Gasteiger charge is 2.07.